The number of hydrogen-bond donors (Lipinski definition) is 0. The van der Waals surface area contributed by atoms with Gasteiger partial charge in [0.05, 0.1) is 13.2 Å². The Balaban J connectivity index is 2.27. The van der Waals surface area contributed by atoms with E-state index in [9.17, 15) is 0 Å². The Kier molecular flexibility index (Phi) is 9.30. The van der Waals surface area contributed by atoms with Crippen molar-refractivity contribution in [3.8, 4) is 0 Å². The van der Waals surface area contributed by atoms with E-state index in [1.165, 1.54) is 4.90 Å². The zero-order valence-corrected chi connectivity index (χ0v) is 13.2. The van der Waals surface area contributed by atoms with Gasteiger partial charge < -0.3 is 9.47 Å². The maximum absolute atomic E-state index is 5.87. The highest BCUT2D eigenvalue weighted by Gasteiger charge is 2.04. The molecule has 0 aliphatic carbocycles. The van der Waals surface area contributed by atoms with Crippen LogP contribution in [0.4, 0.5) is 0 Å². The zero-order valence-electron chi connectivity index (χ0n) is 11.6. The minimum Gasteiger partial charge on any atom is -0.383 e. The molecule has 0 radical (unpaired) electrons. The van der Waals surface area contributed by atoms with Crippen LogP contribution in [-0.4, -0.2) is 57.7 Å². The van der Waals surface area contributed by atoms with Gasteiger partial charge in [0.25, 0.3) is 0 Å². The lowest BCUT2D eigenvalue weighted by Crippen LogP contribution is -2.32. The van der Waals surface area contributed by atoms with Gasteiger partial charge in [-0.2, -0.15) is 0 Å². The molecule has 1 rings (SSSR count). The number of ether oxygens (including phenoxy) is 2. The molecule has 19 heavy (non-hydrogen) atoms. The second-order valence-corrected chi connectivity index (χ2v) is 5.73. The van der Waals surface area contributed by atoms with Crippen LogP contribution in [0.1, 0.15) is 0 Å². The van der Waals surface area contributed by atoms with E-state index in [-0.39, 0.29) is 0 Å². The minimum atomic E-state index is 0.759. The zero-order chi connectivity index (χ0) is 13.9. The molecule has 0 atom stereocenters. The molecule has 0 heterocycles. The molecule has 1 aromatic rings. The van der Waals surface area contributed by atoms with Crippen molar-refractivity contribution in [2.75, 3.05) is 52.8 Å². The Hall–Kier alpha value is -0.260. The Bertz CT molecular complexity index is 327. The van der Waals surface area contributed by atoms with Crippen molar-refractivity contribution in [2.24, 2.45) is 0 Å². The summed E-state index contributed by atoms with van der Waals surface area (Å²) in [5.74, 6) is 1.05. The first kappa shape index (κ1) is 16.8. The Morgan fingerprint density at radius 1 is 1.00 bits per heavy atom. The molecular formula is C14H22ClNO2S. The van der Waals surface area contributed by atoms with Gasteiger partial charge in [0.15, 0.2) is 0 Å². The van der Waals surface area contributed by atoms with E-state index in [2.05, 4.69) is 17.0 Å². The van der Waals surface area contributed by atoms with Crippen LogP contribution in [0, 0.1) is 0 Å². The van der Waals surface area contributed by atoms with Gasteiger partial charge in [-0.05, 0) is 24.3 Å². The van der Waals surface area contributed by atoms with Gasteiger partial charge in [0.1, 0.15) is 0 Å². The molecule has 0 N–H and O–H groups in total. The Labute approximate surface area is 125 Å². The second-order valence-electron chi connectivity index (χ2n) is 4.13. The maximum Gasteiger partial charge on any atom is 0.0589 e. The number of hydrogen-bond acceptors (Lipinski definition) is 4. The number of halogens is 1. The van der Waals surface area contributed by atoms with Gasteiger partial charge in [-0.1, -0.05) is 11.6 Å². The molecule has 3 nitrogen and oxygen atoms in total. The average Bonchev–Trinajstić information content (AvgIpc) is 2.43. The fourth-order valence-corrected chi connectivity index (χ4v) is 2.64. The first-order valence-corrected chi connectivity index (χ1v) is 7.71. The second kappa shape index (κ2) is 10.5. The topological polar surface area (TPSA) is 21.7 Å². The Morgan fingerprint density at radius 3 is 2.11 bits per heavy atom. The first-order valence-electron chi connectivity index (χ1n) is 6.35. The molecule has 0 saturated carbocycles. The van der Waals surface area contributed by atoms with E-state index >= 15 is 0 Å². The number of rotatable bonds is 10. The highest BCUT2D eigenvalue weighted by Crippen LogP contribution is 2.20. The van der Waals surface area contributed by atoms with Crippen LogP contribution in [0.15, 0.2) is 29.2 Å². The number of nitrogens with zero attached hydrogens (tertiary/aromatic N) is 1. The molecule has 0 aliphatic rings. The van der Waals surface area contributed by atoms with Crippen LogP contribution in [0.2, 0.25) is 5.02 Å². The SMILES string of the molecule is COCCN(CCOC)CCSc1ccc(Cl)cc1. The van der Waals surface area contributed by atoms with E-state index < -0.39 is 0 Å². The number of methoxy groups -OCH3 is 2. The fraction of sp³-hybridized carbons (Fsp3) is 0.571. The van der Waals surface area contributed by atoms with Crippen LogP contribution < -0.4 is 0 Å². The molecule has 108 valence electrons. The van der Waals surface area contributed by atoms with Crippen LogP contribution in [0.3, 0.4) is 0 Å². The monoisotopic (exact) mass is 303 g/mol. The lowest BCUT2D eigenvalue weighted by atomic mass is 10.4. The van der Waals surface area contributed by atoms with Gasteiger partial charge in [-0.3, -0.25) is 4.90 Å². The van der Waals surface area contributed by atoms with Crippen LogP contribution in [0.5, 0.6) is 0 Å². The summed E-state index contributed by atoms with van der Waals surface area (Å²) in [6, 6.07) is 7.97. The molecule has 0 spiro atoms. The van der Waals surface area contributed by atoms with Gasteiger partial charge >= 0.3 is 0 Å². The number of thioether (sulfide) groups is 1. The predicted octanol–water partition coefficient (Wildman–Crippen LogP) is 3.03. The minimum absolute atomic E-state index is 0.759. The van der Waals surface area contributed by atoms with Gasteiger partial charge in [-0.15, -0.1) is 11.8 Å². The van der Waals surface area contributed by atoms with E-state index in [1.807, 2.05) is 23.9 Å². The third-order valence-electron chi connectivity index (χ3n) is 2.71. The molecule has 0 unspecified atom stereocenters. The van der Waals surface area contributed by atoms with E-state index in [4.69, 9.17) is 21.1 Å². The summed E-state index contributed by atoms with van der Waals surface area (Å²) in [7, 11) is 3.47. The summed E-state index contributed by atoms with van der Waals surface area (Å²) < 4.78 is 10.3. The summed E-state index contributed by atoms with van der Waals surface area (Å²) in [6.07, 6.45) is 0. The predicted molar refractivity (Wildman–Crippen MR) is 82.4 cm³/mol. The summed E-state index contributed by atoms with van der Waals surface area (Å²) in [5, 5.41) is 0.783. The van der Waals surface area contributed by atoms with E-state index in [0.29, 0.717) is 0 Å². The molecule has 0 amide bonds. The standard InChI is InChI=1S/C14H22ClNO2S/c1-17-10-7-16(8-11-18-2)9-12-19-14-5-3-13(15)4-6-14/h3-6H,7-12H2,1-2H3. The summed E-state index contributed by atoms with van der Waals surface area (Å²) in [5.41, 5.74) is 0. The van der Waals surface area contributed by atoms with E-state index in [0.717, 1.165) is 43.6 Å². The first-order chi connectivity index (χ1) is 9.26. The van der Waals surface area contributed by atoms with Crippen molar-refractivity contribution < 1.29 is 9.47 Å². The largest absolute Gasteiger partial charge is 0.383 e. The summed E-state index contributed by atoms with van der Waals surface area (Å²) >= 11 is 7.71. The third kappa shape index (κ3) is 7.80. The lowest BCUT2D eigenvalue weighted by molar-refractivity contribution is 0.118. The Morgan fingerprint density at radius 2 is 1.58 bits per heavy atom. The molecule has 1 aromatic carbocycles. The maximum atomic E-state index is 5.87. The van der Waals surface area contributed by atoms with Crippen molar-refractivity contribution in [1.82, 2.24) is 4.90 Å². The smallest absolute Gasteiger partial charge is 0.0589 e. The fourth-order valence-electron chi connectivity index (χ4n) is 1.60. The third-order valence-corrected chi connectivity index (χ3v) is 3.96. The molecular weight excluding hydrogens is 282 g/mol. The average molecular weight is 304 g/mol. The summed E-state index contributed by atoms with van der Waals surface area (Å²) in [4.78, 5) is 3.61. The molecule has 5 heteroatoms. The van der Waals surface area contributed by atoms with Crippen LogP contribution in [-0.2, 0) is 9.47 Å². The van der Waals surface area contributed by atoms with Crippen molar-refractivity contribution in [1.29, 1.82) is 0 Å². The molecule has 0 aromatic heterocycles. The van der Waals surface area contributed by atoms with E-state index in [1.54, 1.807) is 14.2 Å². The molecule has 0 bridgehead atoms. The highest BCUT2D eigenvalue weighted by molar-refractivity contribution is 7.99. The van der Waals surface area contributed by atoms with Gasteiger partial charge in [0.2, 0.25) is 0 Å². The normalized spacial score (nSPS) is 11.2. The van der Waals surface area contributed by atoms with Gasteiger partial charge in [0, 0.05) is 49.5 Å². The molecule has 0 aliphatic heterocycles. The van der Waals surface area contributed by atoms with Crippen molar-refractivity contribution in [2.45, 2.75) is 4.90 Å². The summed E-state index contributed by atoms with van der Waals surface area (Å²) in [6.45, 7) is 4.44. The molecule has 0 saturated heterocycles. The van der Waals surface area contributed by atoms with Crippen molar-refractivity contribution in [3.63, 3.8) is 0 Å². The van der Waals surface area contributed by atoms with Crippen LogP contribution in [0.25, 0.3) is 0 Å². The quantitative estimate of drug-likeness (QED) is 0.619. The van der Waals surface area contributed by atoms with Crippen molar-refractivity contribution >= 4 is 23.4 Å². The lowest BCUT2D eigenvalue weighted by Gasteiger charge is -2.21. The highest BCUT2D eigenvalue weighted by atomic mass is 35.5. The van der Waals surface area contributed by atoms with Crippen molar-refractivity contribution in [3.05, 3.63) is 29.3 Å². The molecule has 0 fully saturated rings. The number of benzene rings is 1. The van der Waals surface area contributed by atoms with Crippen LogP contribution >= 0.6 is 23.4 Å². The van der Waals surface area contributed by atoms with Gasteiger partial charge in [-0.25, -0.2) is 0 Å².